The largest absolute Gasteiger partial charge is 0.481 e. The predicted molar refractivity (Wildman–Crippen MR) is 111 cm³/mol. The van der Waals surface area contributed by atoms with Gasteiger partial charge in [0.2, 0.25) is 0 Å². The van der Waals surface area contributed by atoms with Crippen LogP contribution in [0, 0.1) is 13.8 Å². The van der Waals surface area contributed by atoms with Gasteiger partial charge in [0.15, 0.2) is 11.9 Å². The lowest BCUT2D eigenvalue weighted by Gasteiger charge is -2.17. The Morgan fingerprint density at radius 2 is 1.54 bits per heavy atom. The summed E-state index contributed by atoms with van der Waals surface area (Å²) < 4.78 is 5.77. The first-order chi connectivity index (χ1) is 13.5. The number of carbonyl (C=O) groups excluding carboxylic acids is 2. The van der Waals surface area contributed by atoms with E-state index in [0.717, 1.165) is 11.1 Å². The molecule has 4 nitrogen and oxygen atoms in total. The van der Waals surface area contributed by atoms with Crippen LogP contribution in [0.4, 0.5) is 5.69 Å². The van der Waals surface area contributed by atoms with Crippen LogP contribution in [-0.2, 0) is 4.79 Å². The standard InChI is InChI=1S/C24H23NO3/c1-16-13-14-20(15-17(16)2)28-18(3)24(27)25-22-12-8-7-11-21(22)23(26)19-9-5-4-6-10-19/h4-15,18H,1-3H3,(H,25,27)/t18-/m0/s1. The number of benzene rings is 3. The molecule has 0 unspecified atom stereocenters. The van der Waals surface area contributed by atoms with Crippen LogP contribution in [0.2, 0.25) is 0 Å². The lowest BCUT2D eigenvalue weighted by Crippen LogP contribution is -2.30. The van der Waals surface area contributed by atoms with Gasteiger partial charge in [-0.15, -0.1) is 0 Å². The van der Waals surface area contributed by atoms with Crippen LogP contribution in [0.1, 0.15) is 34.0 Å². The van der Waals surface area contributed by atoms with Crippen molar-refractivity contribution in [3.05, 3.63) is 95.1 Å². The number of para-hydroxylation sites is 1. The lowest BCUT2D eigenvalue weighted by atomic mass is 10.0. The summed E-state index contributed by atoms with van der Waals surface area (Å²) in [6, 6.07) is 21.7. The highest BCUT2D eigenvalue weighted by Crippen LogP contribution is 2.21. The quantitative estimate of drug-likeness (QED) is 0.623. The smallest absolute Gasteiger partial charge is 0.265 e. The Balaban J connectivity index is 1.75. The highest BCUT2D eigenvalue weighted by molar-refractivity contribution is 6.14. The molecule has 0 bridgehead atoms. The molecule has 1 amide bonds. The maximum atomic E-state index is 12.8. The van der Waals surface area contributed by atoms with Crippen LogP contribution >= 0.6 is 0 Å². The molecule has 4 heteroatoms. The van der Waals surface area contributed by atoms with Crippen LogP contribution in [0.5, 0.6) is 5.75 Å². The van der Waals surface area contributed by atoms with E-state index < -0.39 is 6.10 Å². The van der Waals surface area contributed by atoms with Gasteiger partial charge >= 0.3 is 0 Å². The average Bonchev–Trinajstić information content (AvgIpc) is 2.71. The van der Waals surface area contributed by atoms with E-state index in [0.29, 0.717) is 22.6 Å². The molecular formula is C24H23NO3. The fourth-order valence-corrected chi connectivity index (χ4v) is 2.81. The number of nitrogens with one attached hydrogen (secondary N) is 1. The molecule has 0 aliphatic carbocycles. The zero-order chi connectivity index (χ0) is 20.1. The number of aryl methyl sites for hydroxylation is 2. The summed E-state index contributed by atoms with van der Waals surface area (Å²) in [5, 5.41) is 2.82. The van der Waals surface area contributed by atoms with Crippen LogP contribution < -0.4 is 10.1 Å². The zero-order valence-electron chi connectivity index (χ0n) is 16.2. The minimum atomic E-state index is -0.706. The van der Waals surface area contributed by atoms with E-state index >= 15 is 0 Å². The van der Waals surface area contributed by atoms with E-state index in [-0.39, 0.29) is 11.7 Å². The van der Waals surface area contributed by atoms with Gasteiger partial charge in [-0.1, -0.05) is 48.5 Å². The molecule has 0 fully saturated rings. The Hall–Kier alpha value is -3.40. The minimum Gasteiger partial charge on any atom is -0.481 e. The van der Waals surface area contributed by atoms with Gasteiger partial charge in [-0.25, -0.2) is 0 Å². The summed E-state index contributed by atoms with van der Waals surface area (Å²) >= 11 is 0. The maximum Gasteiger partial charge on any atom is 0.265 e. The number of ether oxygens (including phenoxy) is 1. The van der Waals surface area contributed by atoms with Crippen LogP contribution in [0.25, 0.3) is 0 Å². The minimum absolute atomic E-state index is 0.140. The molecule has 0 saturated carbocycles. The molecule has 0 aliphatic heterocycles. The van der Waals surface area contributed by atoms with E-state index in [1.54, 1.807) is 43.3 Å². The van der Waals surface area contributed by atoms with Gasteiger partial charge in [-0.2, -0.15) is 0 Å². The molecule has 0 aromatic heterocycles. The van der Waals surface area contributed by atoms with Crippen molar-refractivity contribution in [3.63, 3.8) is 0 Å². The van der Waals surface area contributed by atoms with E-state index in [1.165, 1.54) is 0 Å². The summed E-state index contributed by atoms with van der Waals surface area (Å²) in [5.41, 5.74) is 3.75. The maximum absolute atomic E-state index is 12.8. The SMILES string of the molecule is Cc1ccc(O[C@@H](C)C(=O)Nc2ccccc2C(=O)c2ccccc2)cc1C. The van der Waals surface area contributed by atoms with Gasteiger partial charge in [-0.3, -0.25) is 9.59 Å². The molecule has 0 aliphatic rings. The number of amides is 1. The molecule has 0 radical (unpaired) electrons. The van der Waals surface area contributed by atoms with Crippen LogP contribution in [-0.4, -0.2) is 17.8 Å². The second kappa shape index (κ2) is 8.53. The Kier molecular flexibility index (Phi) is 5.90. The third-order valence-corrected chi connectivity index (χ3v) is 4.63. The van der Waals surface area contributed by atoms with Crippen molar-refractivity contribution < 1.29 is 14.3 Å². The van der Waals surface area contributed by atoms with Crippen molar-refractivity contribution in [2.45, 2.75) is 26.9 Å². The molecule has 1 N–H and O–H groups in total. The number of hydrogen-bond donors (Lipinski definition) is 1. The first kappa shape index (κ1) is 19.4. The number of carbonyl (C=O) groups is 2. The van der Waals surface area contributed by atoms with Crippen molar-refractivity contribution in [2.75, 3.05) is 5.32 Å². The van der Waals surface area contributed by atoms with Crippen molar-refractivity contribution >= 4 is 17.4 Å². The molecule has 28 heavy (non-hydrogen) atoms. The predicted octanol–water partition coefficient (Wildman–Crippen LogP) is 4.94. The lowest BCUT2D eigenvalue weighted by molar-refractivity contribution is -0.122. The van der Waals surface area contributed by atoms with E-state index in [4.69, 9.17) is 4.74 Å². The second-order valence-corrected chi connectivity index (χ2v) is 6.74. The third kappa shape index (κ3) is 4.46. The third-order valence-electron chi connectivity index (χ3n) is 4.63. The van der Waals surface area contributed by atoms with Gasteiger partial charge < -0.3 is 10.1 Å². The Bertz CT molecular complexity index is 996. The number of hydrogen-bond acceptors (Lipinski definition) is 3. The topological polar surface area (TPSA) is 55.4 Å². The fourth-order valence-electron chi connectivity index (χ4n) is 2.81. The number of rotatable bonds is 6. The summed E-state index contributed by atoms with van der Waals surface area (Å²) in [5.74, 6) is 0.185. The van der Waals surface area contributed by atoms with Gasteiger partial charge in [0.05, 0.1) is 5.69 Å². The van der Waals surface area contributed by atoms with E-state index in [1.807, 2.05) is 50.2 Å². The molecule has 142 valence electrons. The molecule has 0 heterocycles. The second-order valence-electron chi connectivity index (χ2n) is 6.74. The van der Waals surface area contributed by atoms with Gasteiger partial charge in [0.25, 0.3) is 5.91 Å². The molecule has 0 spiro atoms. The molecule has 3 aromatic carbocycles. The van der Waals surface area contributed by atoms with Crippen LogP contribution in [0.3, 0.4) is 0 Å². The molecular weight excluding hydrogens is 350 g/mol. The monoisotopic (exact) mass is 373 g/mol. The summed E-state index contributed by atoms with van der Waals surface area (Å²) in [7, 11) is 0. The normalized spacial score (nSPS) is 11.5. The van der Waals surface area contributed by atoms with E-state index in [2.05, 4.69) is 5.32 Å². The summed E-state index contributed by atoms with van der Waals surface area (Å²) in [6.45, 7) is 5.71. The Morgan fingerprint density at radius 3 is 2.25 bits per heavy atom. The van der Waals surface area contributed by atoms with Crippen molar-refractivity contribution in [3.8, 4) is 5.75 Å². The van der Waals surface area contributed by atoms with Gasteiger partial charge in [-0.05, 0) is 56.2 Å². The van der Waals surface area contributed by atoms with Gasteiger partial charge in [0, 0.05) is 11.1 Å². The average molecular weight is 373 g/mol. The molecule has 1 atom stereocenters. The van der Waals surface area contributed by atoms with Crippen molar-refractivity contribution in [1.29, 1.82) is 0 Å². The Labute approximate surface area is 165 Å². The van der Waals surface area contributed by atoms with Crippen molar-refractivity contribution in [1.82, 2.24) is 0 Å². The first-order valence-corrected chi connectivity index (χ1v) is 9.19. The highest BCUT2D eigenvalue weighted by atomic mass is 16.5. The van der Waals surface area contributed by atoms with E-state index in [9.17, 15) is 9.59 Å². The highest BCUT2D eigenvalue weighted by Gasteiger charge is 2.19. The zero-order valence-corrected chi connectivity index (χ0v) is 16.2. The van der Waals surface area contributed by atoms with Crippen molar-refractivity contribution in [2.24, 2.45) is 0 Å². The molecule has 3 aromatic rings. The summed E-state index contributed by atoms with van der Waals surface area (Å²) in [6.07, 6.45) is -0.706. The Morgan fingerprint density at radius 1 is 0.857 bits per heavy atom. The van der Waals surface area contributed by atoms with Crippen LogP contribution in [0.15, 0.2) is 72.8 Å². The summed E-state index contributed by atoms with van der Waals surface area (Å²) in [4.78, 5) is 25.4. The first-order valence-electron chi connectivity index (χ1n) is 9.19. The number of ketones is 1. The fraction of sp³-hybridized carbons (Fsp3) is 0.167. The number of anilines is 1. The molecule has 3 rings (SSSR count). The molecule has 0 saturated heterocycles. The van der Waals surface area contributed by atoms with Gasteiger partial charge in [0.1, 0.15) is 5.75 Å².